The summed E-state index contributed by atoms with van der Waals surface area (Å²) in [4.78, 5) is 0. The van der Waals surface area contributed by atoms with E-state index in [9.17, 15) is 8.78 Å². The first-order chi connectivity index (χ1) is 13.8. The fraction of sp³-hybridized carbons (Fsp3) is 0.727. The summed E-state index contributed by atoms with van der Waals surface area (Å²) >= 11 is 0. The summed E-state index contributed by atoms with van der Waals surface area (Å²) in [6.07, 6.45) is 6.92. The predicted molar refractivity (Wildman–Crippen MR) is 111 cm³/mol. The average molecular weight is 502 g/mol. The Morgan fingerprint density at radius 2 is 1.97 bits per heavy atom. The first-order valence-corrected chi connectivity index (χ1v) is 10.6. The maximum atomic E-state index is 13.0. The molecule has 1 heterocycles. The molecule has 0 aromatic heterocycles. The van der Waals surface area contributed by atoms with Gasteiger partial charge in [0.25, 0.3) is 5.92 Å². The summed E-state index contributed by atoms with van der Waals surface area (Å²) in [5, 5.41) is 24.0. The van der Waals surface area contributed by atoms with Gasteiger partial charge in [-0.1, -0.05) is 49.7 Å². The second kappa shape index (κ2) is 14.1. The van der Waals surface area contributed by atoms with Crippen LogP contribution in [0, 0.1) is 5.92 Å². The van der Waals surface area contributed by atoms with E-state index in [1.807, 2.05) is 18.2 Å². The summed E-state index contributed by atoms with van der Waals surface area (Å²) in [7, 11) is 0. The normalized spacial score (nSPS) is 20.3. The van der Waals surface area contributed by atoms with Gasteiger partial charge in [0, 0.05) is 46.2 Å². The van der Waals surface area contributed by atoms with Crippen LogP contribution in [0.5, 0.6) is 5.75 Å². The van der Waals surface area contributed by atoms with Crippen LogP contribution in [0.25, 0.3) is 5.32 Å². The van der Waals surface area contributed by atoms with Gasteiger partial charge in [-0.05, 0) is 31.0 Å². The molecule has 3 N–H and O–H groups in total. The molecule has 169 valence electrons. The SMILES string of the molecule is CC(F)(F)COc1ccc2c(c1)C(C1CCCCC1)[N-]CC2.CC(O)CNCO.[Y]. The molecule has 1 aliphatic carbocycles. The van der Waals surface area contributed by atoms with Crippen LogP contribution in [0.1, 0.15) is 63.1 Å². The van der Waals surface area contributed by atoms with Crippen LogP contribution in [0.2, 0.25) is 0 Å². The molecule has 1 radical (unpaired) electrons. The molecule has 0 bridgehead atoms. The van der Waals surface area contributed by atoms with Crippen LogP contribution in [-0.4, -0.2) is 48.7 Å². The molecule has 0 saturated heterocycles. The molecule has 2 atom stereocenters. The van der Waals surface area contributed by atoms with Crippen molar-refractivity contribution in [2.75, 3.05) is 26.4 Å². The third-order valence-corrected chi connectivity index (χ3v) is 5.28. The van der Waals surface area contributed by atoms with E-state index >= 15 is 0 Å². The Balaban J connectivity index is 0.000000489. The second-order valence-corrected chi connectivity index (χ2v) is 8.18. The Bertz CT molecular complexity index is 609. The van der Waals surface area contributed by atoms with Crippen LogP contribution in [0.4, 0.5) is 8.78 Å². The number of alkyl halides is 2. The minimum absolute atomic E-state index is 0. The van der Waals surface area contributed by atoms with E-state index in [4.69, 9.17) is 20.3 Å². The smallest absolute Gasteiger partial charge is 0.278 e. The van der Waals surface area contributed by atoms with Crippen molar-refractivity contribution in [2.24, 2.45) is 5.92 Å². The number of rotatable bonds is 7. The van der Waals surface area contributed by atoms with E-state index in [1.54, 1.807) is 6.92 Å². The fourth-order valence-corrected chi connectivity index (χ4v) is 3.92. The van der Waals surface area contributed by atoms with Crippen molar-refractivity contribution in [3.05, 3.63) is 34.6 Å². The van der Waals surface area contributed by atoms with Crippen molar-refractivity contribution >= 4 is 0 Å². The van der Waals surface area contributed by atoms with Crippen LogP contribution < -0.4 is 10.1 Å². The molecule has 0 amide bonds. The number of ether oxygens (including phenoxy) is 1. The van der Waals surface area contributed by atoms with Gasteiger partial charge in [0.15, 0.2) is 6.61 Å². The Hall–Kier alpha value is -0.176. The number of aliphatic hydroxyl groups excluding tert-OH is 2. The summed E-state index contributed by atoms with van der Waals surface area (Å²) < 4.78 is 31.2. The third-order valence-electron chi connectivity index (χ3n) is 5.28. The van der Waals surface area contributed by atoms with Crippen LogP contribution >= 0.6 is 0 Å². The number of aliphatic hydroxyl groups is 2. The van der Waals surface area contributed by atoms with E-state index < -0.39 is 12.5 Å². The fourth-order valence-electron chi connectivity index (χ4n) is 3.92. The van der Waals surface area contributed by atoms with Gasteiger partial charge in [-0.2, -0.15) is 0 Å². The van der Waals surface area contributed by atoms with Crippen molar-refractivity contribution in [1.29, 1.82) is 0 Å². The van der Waals surface area contributed by atoms with Gasteiger partial charge in [0.1, 0.15) is 5.75 Å². The Morgan fingerprint density at radius 3 is 2.53 bits per heavy atom. The molecule has 8 heteroatoms. The molecule has 2 unspecified atom stereocenters. The number of nitrogens with zero attached hydrogens (tertiary/aromatic N) is 1. The summed E-state index contributed by atoms with van der Waals surface area (Å²) in [5.74, 6) is -1.66. The van der Waals surface area contributed by atoms with Crippen molar-refractivity contribution in [2.45, 2.75) is 70.4 Å². The molecule has 5 nitrogen and oxygen atoms in total. The molecule has 2 aliphatic rings. The number of fused-ring (bicyclic) bond motifs is 1. The number of hydrogen-bond donors (Lipinski definition) is 3. The number of benzene rings is 1. The predicted octanol–water partition coefficient (Wildman–Crippen LogP) is 4.18. The molecule has 30 heavy (non-hydrogen) atoms. The standard InChI is InChI=1S/C18H24F2NO.C4H11NO2.Y/c1-18(19,20)12-22-15-8-7-13-9-10-21-17(16(13)11-15)14-5-3-2-4-6-14;1-4(7)2-5-3-6;/h7-8,11,14,17H,2-6,9-10,12H2,1H3;4-7H,2-3H2,1H3;/q-1;;. The molecule has 1 aromatic carbocycles. The van der Waals surface area contributed by atoms with Crippen molar-refractivity contribution in [1.82, 2.24) is 5.32 Å². The zero-order chi connectivity index (χ0) is 21.3. The van der Waals surface area contributed by atoms with Gasteiger partial charge in [-0.25, -0.2) is 8.78 Å². The van der Waals surface area contributed by atoms with Crippen LogP contribution in [0.3, 0.4) is 0 Å². The Morgan fingerprint density at radius 1 is 1.27 bits per heavy atom. The molecule has 1 saturated carbocycles. The minimum Gasteiger partial charge on any atom is -0.655 e. The van der Waals surface area contributed by atoms with Gasteiger partial charge < -0.3 is 20.3 Å². The summed E-state index contributed by atoms with van der Waals surface area (Å²) in [5.41, 5.74) is 2.51. The molecule has 3 rings (SSSR count). The summed E-state index contributed by atoms with van der Waals surface area (Å²) in [6, 6.07) is 6.02. The molecule has 1 fully saturated rings. The van der Waals surface area contributed by atoms with Gasteiger partial charge in [-0.3, -0.25) is 5.32 Å². The molecule has 0 spiro atoms. The van der Waals surface area contributed by atoms with E-state index in [1.165, 1.54) is 43.2 Å². The molecular formula is C22H35F2N2O3Y-. The summed E-state index contributed by atoms with van der Waals surface area (Å²) in [6.45, 7) is 3.23. The number of nitrogens with one attached hydrogen (secondary N) is 1. The van der Waals surface area contributed by atoms with Crippen molar-refractivity contribution in [3.8, 4) is 5.75 Å². The van der Waals surface area contributed by atoms with E-state index in [0.29, 0.717) is 18.2 Å². The second-order valence-electron chi connectivity index (χ2n) is 8.18. The van der Waals surface area contributed by atoms with E-state index in [-0.39, 0.29) is 51.6 Å². The zero-order valence-electron chi connectivity index (χ0n) is 18.1. The first kappa shape index (κ1) is 27.9. The molecule has 1 aromatic rings. The Kier molecular flexibility index (Phi) is 13.1. The first-order valence-electron chi connectivity index (χ1n) is 10.6. The maximum Gasteiger partial charge on any atom is 0.278 e. The van der Waals surface area contributed by atoms with Gasteiger partial charge in [0.05, 0.1) is 12.8 Å². The van der Waals surface area contributed by atoms with Gasteiger partial charge in [-0.15, -0.1) is 12.6 Å². The quantitative estimate of drug-likeness (QED) is 0.490. The monoisotopic (exact) mass is 502 g/mol. The van der Waals surface area contributed by atoms with Crippen LogP contribution in [-0.2, 0) is 39.1 Å². The van der Waals surface area contributed by atoms with E-state index in [2.05, 4.69) is 5.32 Å². The van der Waals surface area contributed by atoms with Gasteiger partial charge >= 0.3 is 0 Å². The maximum absolute atomic E-state index is 13.0. The minimum atomic E-state index is -2.80. The molecular weight excluding hydrogens is 467 g/mol. The van der Waals surface area contributed by atoms with Gasteiger partial charge in [0.2, 0.25) is 0 Å². The zero-order valence-corrected chi connectivity index (χ0v) is 21.0. The Labute approximate surface area is 204 Å². The molecule has 1 aliphatic heterocycles. The van der Waals surface area contributed by atoms with E-state index in [0.717, 1.165) is 19.9 Å². The van der Waals surface area contributed by atoms with Crippen molar-refractivity contribution < 1.29 is 56.4 Å². The average Bonchev–Trinajstić information content (AvgIpc) is 2.70. The third kappa shape index (κ3) is 9.96. The number of hydrogen-bond acceptors (Lipinski definition) is 4. The van der Waals surface area contributed by atoms with Crippen LogP contribution in [0.15, 0.2) is 18.2 Å². The van der Waals surface area contributed by atoms with Crippen molar-refractivity contribution in [3.63, 3.8) is 0 Å². The largest absolute Gasteiger partial charge is 0.655 e. The topological polar surface area (TPSA) is 75.8 Å². The number of halogens is 2.